The molecule has 128 valence electrons. The maximum atomic E-state index is 10.8. The van der Waals surface area contributed by atoms with Crippen LogP contribution in [0.1, 0.15) is 28.2 Å². The van der Waals surface area contributed by atoms with Crippen LogP contribution in [0.25, 0.3) is 22.3 Å². The van der Waals surface area contributed by atoms with Crippen molar-refractivity contribution in [2.24, 2.45) is 0 Å². The van der Waals surface area contributed by atoms with E-state index in [2.05, 4.69) is 66.2 Å². The van der Waals surface area contributed by atoms with Gasteiger partial charge in [-0.2, -0.15) is 11.3 Å². The third kappa shape index (κ3) is 2.53. The van der Waals surface area contributed by atoms with Crippen LogP contribution < -0.4 is 0 Å². The van der Waals surface area contributed by atoms with E-state index in [1.54, 1.807) is 11.3 Å². The number of phenolic OH excluding ortho intramolecular Hbond substituents is 1. The first-order valence-electron chi connectivity index (χ1n) is 9.05. The molecule has 0 unspecified atom stereocenters. The van der Waals surface area contributed by atoms with Crippen LogP contribution in [0.5, 0.6) is 5.75 Å². The topological polar surface area (TPSA) is 20.2 Å². The zero-order valence-electron chi connectivity index (χ0n) is 14.7. The highest BCUT2D eigenvalue weighted by Gasteiger charge is 2.28. The van der Waals surface area contributed by atoms with E-state index < -0.39 is 0 Å². The van der Waals surface area contributed by atoms with E-state index in [9.17, 15) is 5.11 Å². The Morgan fingerprint density at radius 2 is 1.62 bits per heavy atom. The van der Waals surface area contributed by atoms with Gasteiger partial charge in [-0.3, -0.25) is 0 Å². The summed E-state index contributed by atoms with van der Waals surface area (Å²) in [5.74, 6) is 0.773. The fraction of sp³-hybridized carbons (Fsp3) is 0.167. The molecule has 0 bridgehead atoms. The third-order valence-corrected chi connectivity index (χ3v) is 6.23. The van der Waals surface area contributed by atoms with E-state index in [0.29, 0.717) is 11.7 Å². The SMILES string of the molecule is Cc1cc(O)c(C2Cc3ccccc3C2)c(-c2cc3ccscc-3c2)c1. The molecule has 0 spiro atoms. The van der Waals surface area contributed by atoms with Gasteiger partial charge in [-0.1, -0.05) is 30.3 Å². The van der Waals surface area contributed by atoms with Crippen LogP contribution in [0.15, 0.2) is 65.4 Å². The summed E-state index contributed by atoms with van der Waals surface area (Å²) < 4.78 is 0. The fourth-order valence-electron chi connectivity index (χ4n) is 4.38. The van der Waals surface area contributed by atoms with Crippen LogP contribution in [0.2, 0.25) is 0 Å². The molecule has 1 nitrogen and oxygen atoms in total. The molecule has 2 aromatic carbocycles. The smallest absolute Gasteiger partial charge is 0.119 e. The van der Waals surface area contributed by atoms with Crippen molar-refractivity contribution in [3.63, 3.8) is 0 Å². The Bertz CT molecular complexity index is 1020. The molecule has 3 aliphatic rings. The summed E-state index contributed by atoms with van der Waals surface area (Å²) in [5.41, 5.74) is 9.96. The van der Waals surface area contributed by atoms with Crippen molar-refractivity contribution in [1.29, 1.82) is 0 Å². The lowest BCUT2D eigenvalue weighted by atomic mass is 9.87. The summed E-state index contributed by atoms with van der Waals surface area (Å²) in [4.78, 5) is 0. The van der Waals surface area contributed by atoms with E-state index in [1.807, 2.05) is 6.07 Å². The Morgan fingerprint density at radius 1 is 0.885 bits per heavy atom. The first kappa shape index (κ1) is 15.7. The van der Waals surface area contributed by atoms with Gasteiger partial charge < -0.3 is 5.11 Å². The first-order chi connectivity index (χ1) is 12.7. The van der Waals surface area contributed by atoms with Crippen molar-refractivity contribution in [2.75, 3.05) is 0 Å². The molecule has 0 fully saturated rings. The van der Waals surface area contributed by atoms with Crippen LogP contribution in [0, 0.1) is 6.92 Å². The van der Waals surface area contributed by atoms with Crippen molar-refractivity contribution < 1.29 is 5.11 Å². The summed E-state index contributed by atoms with van der Waals surface area (Å²) in [5, 5.41) is 15.2. The molecule has 0 atom stereocenters. The molecule has 1 N–H and O–H groups in total. The Labute approximate surface area is 157 Å². The molecule has 0 aromatic heterocycles. The highest BCUT2D eigenvalue weighted by Crippen LogP contribution is 2.45. The van der Waals surface area contributed by atoms with Gasteiger partial charge in [-0.15, -0.1) is 0 Å². The average molecular weight is 356 g/mol. The van der Waals surface area contributed by atoms with Gasteiger partial charge in [-0.05, 0) is 99.7 Å². The summed E-state index contributed by atoms with van der Waals surface area (Å²) in [6.45, 7) is 2.06. The molecule has 0 saturated carbocycles. The number of benzene rings is 2. The molecular formula is C24H20OS. The Hall–Kier alpha value is -2.58. The number of aromatic hydroxyl groups is 1. The molecule has 1 heterocycles. The second kappa shape index (κ2) is 6.00. The van der Waals surface area contributed by atoms with Crippen LogP contribution in [-0.2, 0) is 12.8 Å². The van der Waals surface area contributed by atoms with Gasteiger partial charge in [0.05, 0.1) is 0 Å². The number of hydrogen-bond donors (Lipinski definition) is 1. The molecule has 0 saturated heterocycles. The molecule has 26 heavy (non-hydrogen) atoms. The van der Waals surface area contributed by atoms with Gasteiger partial charge >= 0.3 is 0 Å². The lowest BCUT2D eigenvalue weighted by molar-refractivity contribution is 0.462. The van der Waals surface area contributed by atoms with E-state index in [0.717, 1.165) is 24.0 Å². The van der Waals surface area contributed by atoms with Crippen molar-refractivity contribution in [2.45, 2.75) is 25.7 Å². The zero-order valence-corrected chi connectivity index (χ0v) is 15.5. The van der Waals surface area contributed by atoms with E-state index in [4.69, 9.17) is 0 Å². The quantitative estimate of drug-likeness (QED) is 0.439. The van der Waals surface area contributed by atoms with Gasteiger partial charge in [0.2, 0.25) is 0 Å². The van der Waals surface area contributed by atoms with Gasteiger partial charge in [0, 0.05) is 5.56 Å². The number of fused-ring (bicyclic) bond motifs is 2. The van der Waals surface area contributed by atoms with Crippen LogP contribution in [0.4, 0.5) is 0 Å². The Morgan fingerprint density at radius 3 is 2.35 bits per heavy atom. The molecule has 5 rings (SSSR count). The molecule has 2 aliphatic carbocycles. The lowest BCUT2D eigenvalue weighted by Crippen LogP contribution is -2.02. The van der Waals surface area contributed by atoms with Gasteiger partial charge in [0.15, 0.2) is 0 Å². The predicted octanol–water partition coefficient (Wildman–Crippen LogP) is 6.42. The molecule has 0 amide bonds. The minimum Gasteiger partial charge on any atom is -0.508 e. The normalized spacial score (nSPS) is 14.0. The van der Waals surface area contributed by atoms with E-state index in [-0.39, 0.29) is 0 Å². The fourth-order valence-corrected chi connectivity index (χ4v) is 5.03. The largest absolute Gasteiger partial charge is 0.508 e. The lowest BCUT2D eigenvalue weighted by Gasteiger charge is -2.18. The maximum absolute atomic E-state index is 10.8. The number of rotatable bonds is 2. The Balaban J connectivity index is 1.66. The minimum absolute atomic E-state index is 0.337. The number of aryl methyl sites for hydroxylation is 1. The van der Waals surface area contributed by atoms with Gasteiger partial charge in [0.25, 0.3) is 0 Å². The molecule has 0 radical (unpaired) electrons. The standard InChI is InChI=1S/C24H20OS/c1-15-8-22(19-10-18-6-7-26-14-21(18)13-19)24(23(25)9-15)20-11-16-4-2-3-5-17(16)12-20/h2-10,13-14,20,25H,11-12H2,1H3. The van der Waals surface area contributed by atoms with Crippen LogP contribution in [-0.4, -0.2) is 5.11 Å². The van der Waals surface area contributed by atoms with Crippen molar-refractivity contribution in [3.8, 4) is 28.0 Å². The molecule has 2 heteroatoms. The van der Waals surface area contributed by atoms with Crippen molar-refractivity contribution >= 4 is 11.3 Å². The molecular weight excluding hydrogens is 336 g/mol. The number of phenols is 1. The third-order valence-electron chi connectivity index (χ3n) is 5.55. The monoisotopic (exact) mass is 356 g/mol. The number of hydrogen-bond acceptors (Lipinski definition) is 2. The first-order valence-corrected chi connectivity index (χ1v) is 10.00. The van der Waals surface area contributed by atoms with E-state index in [1.165, 1.54) is 33.4 Å². The summed E-state index contributed by atoms with van der Waals surface area (Å²) in [6, 6.07) is 19.5. The van der Waals surface area contributed by atoms with E-state index >= 15 is 0 Å². The second-order valence-electron chi connectivity index (χ2n) is 7.33. The second-order valence-corrected chi connectivity index (χ2v) is 8.11. The van der Waals surface area contributed by atoms with Crippen molar-refractivity contribution in [1.82, 2.24) is 0 Å². The van der Waals surface area contributed by atoms with Crippen LogP contribution in [0.3, 0.4) is 0 Å². The van der Waals surface area contributed by atoms with Crippen LogP contribution >= 0.6 is 11.3 Å². The maximum Gasteiger partial charge on any atom is 0.119 e. The summed E-state index contributed by atoms with van der Waals surface area (Å²) >= 11 is 1.72. The average Bonchev–Trinajstić information content (AvgIpc) is 3.24. The predicted molar refractivity (Wildman–Crippen MR) is 109 cm³/mol. The Kier molecular flexibility index (Phi) is 3.61. The van der Waals surface area contributed by atoms with Crippen molar-refractivity contribution in [3.05, 3.63) is 87.6 Å². The highest BCUT2D eigenvalue weighted by molar-refractivity contribution is 7.07. The minimum atomic E-state index is 0.337. The van der Waals surface area contributed by atoms with Gasteiger partial charge in [-0.25, -0.2) is 0 Å². The zero-order chi connectivity index (χ0) is 17.7. The molecule has 2 aromatic rings. The highest BCUT2D eigenvalue weighted by atomic mass is 32.1. The summed E-state index contributed by atoms with van der Waals surface area (Å²) in [6.07, 6.45) is 2.00. The molecule has 1 aliphatic heterocycles. The van der Waals surface area contributed by atoms with Gasteiger partial charge in [0.1, 0.15) is 5.75 Å². The summed E-state index contributed by atoms with van der Waals surface area (Å²) in [7, 11) is 0.